The van der Waals surface area contributed by atoms with Gasteiger partial charge in [-0.2, -0.15) is 0 Å². The number of Topliss-reactive ketones (excluding diaryl/α,β-unsaturated/α-hetero) is 1. The summed E-state index contributed by atoms with van der Waals surface area (Å²) in [4.78, 5) is 14.8. The molecule has 3 nitrogen and oxygen atoms in total. The van der Waals surface area contributed by atoms with Crippen LogP contribution in [0.4, 0.5) is 0 Å². The van der Waals surface area contributed by atoms with Gasteiger partial charge in [0.25, 0.3) is 0 Å². The van der Waals surface area contributed by atoms with E-state index in [1.54, 1.807) is 0 Å². The van der Waals surface area contributed by atoms with Gasteiger partial charge < -0.3 is 9.64 Å². The van der Waals surface area contributed by atoms with Crippen LogP contribution in [0.2, 0.25) is 0 Å². The van der Waals surface area contributed by atoms with Crippen molar-refractivity contribution in [2.75, 3.05) is 20.2 Å². The van der Waals surface area contributed by atoms with Crippen molar-refractivity contribution >= 4 is 5.78 Å². The van der Waals surface area contributed by atoms with Crippen molar-refractivity contribution in [3.05, 3.63) is 0 Å². The fourth-order valence-electron chi connectivity index (χ4n) is 3.55. The first-order chi connectivity index (χ1) is 8.42. The minimum absolute atomic E-state index is 0.110. The molecule has 1 aliphatic heterocycles. The third-order valence-corrected chi connectivity index (χ3v) is 4.80. The van der Waals surface area contributed by atoms with Gasteiger partial charge in [-0.3, -0.25) is 4.79 Å². The van der Waals surface area contributed by atoms with Gasteiger partial charge in [-0.05, 0) is 33.2 Å². The molecule has 0 amide bonds. The third kappa shape index (κ3) is 2.77. The number of carbonyl (C=O) groups excluding carboxylic acids is 1. The van der Waals surface area contributed by atoms with E-state index >= 15 is 0 Å². The highest BCUT2D eigenvalue weighted by molar-refractivity contribution is 5.87. The third-order valence-electron chi connectivity index (χ3n) is 4.80. The maximum atomic E-state index is 12.4. The fourth-order valence-corrected chi connectivity index (χ4v) is 3.55. The second kappa shape index (κ2) is 5.30. The highest BCUT2D eigenvalue weighted by atomic mass is 16.5. The second-order valence-electron chi connectivity index (χ2n) is 6.71. The highest BCUT2D eigenvalue weighted by Crippen LogP contribution is 2.36. The van der Waals surface area contributed by atoms with Crippen LogP contribution in [-0.4, -0.2) is 43.0 Å². The summed E-state index contributed by atoms with van der Waals surface area (Å²) in [5, 5.41) is 0. The van der Waals surface area contributed by atoms with Crippen molar-refractivity contribution in [3.8, 4) is 0 Å². The molecule has 0 spiro atoms. The Bertz CT molecular complexity index is 314. The summed E-state index contributed by atoms with van der Waals surface area (Å²) < 4.78 is 5.62. The van der Waals surface area contributed by atoms with Gasteiger partial charge in [-0.25, -0.2) is 0 Å². The summed E-state index contributed by atoms with van der Waals surface area (Å²) in [6, 6.07) is 0.489. The van der Waals surface area contributed by atoms with Crippen LogP contribution >= 0.6 is 0 Å². The van der Waals surface area contributed by atoms with Crippen LogP contribution in [0, 0.1) is 11.3 Å². The average Bonchev–Trinajstić information content (AvgIpc) is 2.71. The molecular weight excluding hydrogens is 226 g/mol. The van der Waals surface area contributed by atoms with Gasteiger partial charge in [-0.1, -0.05) is 20.3 Å². The van der Waals surface area contributed by atoms with Crippen LogP contribution in [0.1, 0.15) is 46.5 Å². The van der Waals surface area contributed by atoms with E-state index in [0.29, 0.717) is 17.9 Å². The number of nitrogens with zero attached hydrogens (tertiary/aromatic N) is 1. The van der Waals surface area contributed by atoms with Crippen molar-refractivity contribution in [2.45, 2.75) is 58.6 Å². The lowest BCUT2D eigenvalue weighted by Crippen LogP contribution is -2.45. The quantitative estimate of drug-likeness (QED) is 0.774. The highest BCUT2D eigenvalue weighted by Gasteiger charge is 2.39. The van der Waals surface area contributed by atoms with Gasteiger partial charge in [0, 0.05) is 30.5 Å². The van der Waals surface area contributed by atoms with Crippen LogP contribution in [0.25, 0.3) is 0 Å². The minimum atomic E-state index is -0.110. The topological polar surface area (TPSA) is 29.5 Å². The molecule has 0 N–H and O–H groups in total. The van der Waals surface area contributed by atoms with E-state index in [0.717, 1.165) is 32.4 Å². The molecule has 2 rings (SSSR count). The van der Waals surface area contributed by atoms with Crippen LogP contribution < -0.4 is 0 Å². The molecule has 18 heavy (non-hydrogen) atoms. The Morgan fingerprint density at radius 3 is 2.72 bits per heavy atom. The minimum Gasteiger partial charge on any atom is -0.377 e. The summed E-state index contributed by atoms with van der Waals surface area (Å²) in [6.07, 6.45) is 4.71. The Kier molecular flexibility index (Phi) is 4.12. The van der Waals surface area contributed by atoms with Gasteiger partial charge in [0.05, 0.1) is 6.10 Å². The first-order valence-electron chi connectivity index (χ1n) is 7.28. The van der Waals surface area contributed by atoms with Crippen LogP contribution in [0.5, 0.6) is 0 Å². The molecule has 0 aromatic carbocycles. The first kappa shape index (κ1) is 14.0. The van der Waals surface area contributed by atoms with Crippen LogP contribution in [0.15, 0.2) is 0 Å². The SMILES string of the molecule is CC1OCCC1N(C)CC1CCCC(C)(C)C1=O. The number of hydrogen-bond donors (Lipinski definition) is 0. The van der Waals surface area contributed by atoms with E-state index in [1.807, 2.05) is 0 Å². The Balaban J connectivity index is 1.94. The monoisotopic (exact) mass is 253 g/mol. The molecule has 0 radical (unpaired) electrons. The first-order valence-corrected chi connectivity index (χ1v) is 7.28. The number of hydrogen-bond acceptors (Lipinski definition) is 3. The lowest BCUT2D eigenvalue weighted by Gasteiger charge is -2.37. The lowest BCUT2D eigenvalue weighted by molar-refractivity contribution is -0.135. The van der Waals surface area contributed by atoms with Gasteiger partial charge >= 0.3 is 0 Å². The molecular formula is C15H27NO2. The standard InChI is InChI=1S/C15H27NO2/c1-11-13(7-9-18-11)16(4)10-12-6-5-8-15(2,3)14(12)17/h11-13H,5-10H2,1-4H3. The molecule has 1 heterocycles. The molecule has 2 aliphatic rings. The number of ether oxygens (including phenoxy) is 1. The Morgan fingerprint density at radius 2 is 2.11 bits per heavy atom. The molecule has 1 saturated heterocycles. The van der Waals surface area contributed by atoms with Crippen molar-refractivity contribution in [1.82, 2.24) is 4.90 Å². The Hall–Kier alpha value is -0.410. The van der Waals surface area contributed by atoms with Crippen molar-refractivity contribution < 1.29 is 9.53 Å². The van der Waals surface area contributed by atoms with Gasteiger partial charge in [0.2, 0.25) is 0 Å². The zero-order valence-electron chi connectivity index (χ0n) is 12.2. The van der Waals surface area contributed by atoms with E-state index in [2.05, 4.69) is 32.7 Å². The molecule has 0 bridgehead atoms. The molecule has 0 aromatic heterocycles. The van der Waals surface area contributed by atoms with Crippen LogP contribution in [-0.2, 0) is 9.53 Å². The van der Waals surface area contributed by atoms with Gasteiger partial charge in [0.15, 0.2) is 0 Å². The summed E-state index contributed by atoms with van der Waals surface area (Å²) in [6.45, 7) is 8.10. The predicted octanol–water partition coefficient (Wildman–Crippen LogP) is 2.49. The number of carbonyl (C=O) groups is 1. The maximum Gasteiger partial charge on any atom is 0.142 e. The van der Waals surface area contributed by atoms with E-state index < -0.39 is 0 Å². The summed E-state index contributed by atoms with van der Waals surface area (Å²) in [5.41, 5.74) is -0.110. The summed E-state index contributed by atoms with van der Waals surface area (Å²) in [7, 11) is 2.14. The molecule has 2 fully saturated rings. The zero-order chi connectivity index (χ0) is 13.3. The number of likely N-dealkylation sites (N-methyl/N-ethyl adjacent to an activating group) is 1. The molecule has 104 valence electrons. The fraction of sp³-hybridized carbons (Fsp3) is 0.933. The van der Waals surface area contributed by atoms with Crippen molar-refractivity contribution in [1.29, 1.82) is 0 Å². The zero-order valence-corrected chi connectivity index (χ0v) is 12.2. The molecule has 3 atom stereocenters. The average molecular weight is 253 g/mol. The maximum absolute atomic E-state index is 12.4. The summed E-state index contributed by atoms with van der Waals surface area (Å²) in [5.74, 6) is 0.693. The molecule has 1 aliphatic carbocycles. The van der Waals surface area contributed by atoms with E-state index in [4.69, 9.17) is 4.74 Å². The number of rotatable bonds is 3. The Morgan fingerprint density at radius 1 is 1.39 bits per heavy atom. The van der Waals surface area contributed by atoms with E-state index in [1.165, 1.54) is 6.42 Å². The summed E-state index contributed by atoms with van der Waals surface area (Å²) >= 11 is 0. The van der Waals surface area contributed by atoms with Gasteiger partial charge in [-0.15, -0.1) is 0 Å². The largest absolute Gasteiger partial charge is 0.377 e. The van der Waals surface area contributed by atoms with Crippen LogP contribution in [0.3, 0.4) is 0 Å². The Labute approximate surface area is 111 Å². The number of ketones is 1. The van der Waals surface area contributed by atoms with E-state index in [-0.39, 0.29) is 11.3 Å². The molecule has 3 heteroatoms. The van der Waals surface area contributed by atoms with Crippen molar-refractivity contribution in [3.63, 3.8) is 0 Å². The van der Waals surface area contributed by atoms with E-state index in [9.17, 15) is 4.79 Å². The predicted molar refractivity (Wildman–Crippen MR) is 72.6 cm³/mol. The normalized spacial score (nSPS) is 36.3. The lowest BCUT2D eigenvalue weighted by atomic mass is 9.71. The molecule has 0 aromatic rings. The molecule has 3 unspecified atom stereocenters. The van der Waals surface area contributed by atoms with Gasteiger partial charge in [0.1, 0.15) is 5.78 Å². The second-order valence-corrected chi connectivity index (χ2v) is 6.71. The smallest absolute Gasteiger partial charge is 0.142 e. The van der Waals surface area contributed by atoms with Crippen molar-refractivity contribution in [2.24, 2.45) is 11.3 Å². The molecule has 1 saturated carbocycles.